The molecule has 0 aliphatic heterocycles. The minimum atomic E-state index is 0.138. The van der Waals surface area contributed by atoms with E-state index in [2.05, 4.69) is 56.9 Å². The first-order valence-corrected chi connectivity index (χ1v) is 7.90. The van der Waals surface area contributed by atoms with E-state index in [1.807, 2.05) is 13.2 Å². The second kappa shape index (κ2) is 8.77. The predicted molar refractivity (Wildman–Crippen MR) is 86.0 cm³/mol. The Bertz CT molecular complexity index is 395. The monoisotopic (exact) mass is 346 g/mol. The fraction of sp³-hybridized carbons (Fsp3) is 0.786. The number of nitrogens with zero attached hydrogens (tertiary/aromatic N) is 3. The topological polar surface area (TPSA) is 42.3 Å². The number of ether oxygens (including phenoxy) is 1. The van der Waals surface area contributed by atoms with Crippen molar-refractivity contribution in [1.29, 1.82) is 0 Å². The van der Waals surface area contributed by atoms with Crippen LogP contribution in [0.15, 0.2) is 10.7 Å². The quantitative estimate of drug-likeness (QED) is 0.744. The van der Waals surface area contributed by atoms with Crippen LogP contribution in [0.5, 0.6) is 0 Å². The Morgan fingerprint density at radius 3 is 2.70 bits per heavy atom. The van der Waals surface area contributed by atoms with Crippen molar-refractivity contribution in [2.24, 2.45) is 0 Å². The molecule has 0 aliphatic rings. The summed E-state index contributed by atoms with van der Waals surface area (Å²) >= 11 is 3.62. The van der Waals surface area contributed by atoms with E-state index in [4.69, 9.17) is 4.74 Å². The number of hydrogen-bond donors (Lipinski definition) is 1. The van der Waals surface area contributed by atoms with Crippen LogP contribution in [0, 0.1) is 0 Å². The molecule has 20 heavy (non-hydrogen) atoms. The summed E-state index contributed by atoms with van der Waals surface area (Å²) in [6.45, 7) is 4.01. The molecule has 0 radical (unpaired) electrons. The molecular weight excluding hydrogens is 320 g/mol. The Labute approximate surface area is 130 Å². The minimum Gasteiger partial charge on any atom is -0.379 e. The van der Waals surface area contributed by atoms with Crippen LogP contribution in [0.25, 0.3) is 0 Å². The van der Waals surface area contributed by atoms with Crippen LogP contribution in [0.3, 0.4) is 0 Å². The second-order valence-corrected chi connectivity index (χ2v) is 6.09. The van der Waals surface area contributed by atoms with Gasteiger partial charge in [0.05, 0.1) is 35.1 Å². The zero-order valence-electron chi connectivity index (χ0n) is 13.2. The highest BCUT2D eigenvalue weighted by Crippen LogP contribution is 2.28. The van der Waals surface area contributed by atoms with E-state index in [1.54, 1.807) is 7.11 Å². The molecule has 0 bridgehead atoms. The standard InChI is InChI=1S/C14H27BrN4O/c1-6-7-12(20-5)13(16-2)14-11(15)10-17-19(14)9-8-18(3)4/h10,12-13,16H,6-9H2,1-5H3. The molecule has 0 saturated heterocycles. The molecule has 2 unspecified atom stereocenters. The summed E-state index contributed by atoms with van der Waals surface area (Å²) in [6.07, 6.45) is 4.14. The Kier molecular flexibility index (Phi) is 7.72. The molecule has 0 spiro atoms. The molecule has 116 valence electrons. The average molecular weight is 347 g/mol. The number of halogens is 1. The Morgan fingerprint density at radius 1 is 1.50 bits per heavy atom. The molecule has 1 heterocycles. The zero-order valence-corrected chi connectivity index (χ0v) is 14.8. The molecule has 1 N–H and O–H groups in total. The van der Waals surface area contributed by atoms with E-state index in [-0.39, 0.29) is 12.1 Å². The van der Waals surface area contributed by atoms with Crippen molar-refractivity contribution >= 4 is 15.9 Å². The van der Waals surface area contributed by atoms with Crippen LogP contribution < -0.4 is 5.32 Å². The molecule has 0 amide bonds. The van der Waals surface area contributed by atoms with Crippen LogP contribution in [-0.2, 0) is 11.3 Å². The molecule has 2 atom stereocenters. The second-order valence-electron chi connectivity index (χ2n) is 5.23. The van der Waals surface area contributed by atoms with Crippen molar-refractivity contribution in [3.63, 3.8) is 0 Å². The maximum atomic E-state index is 5.67. The normalized spacial score (nSPS) is 14.8. The number of methoxy groups -OCH3 is 1. The molecule has 1 aromatic heterocycles. The molecular formula is C14H27BrN4O. The fourth-order valence-corrected chi connectivity index (χ4v) is 2.90. The number of hydrogen-bond acceptors (Lipinski definition) is 4. The van der Waals surface area contributed by atoms with Gasteiger partial charge in [-0.1, -0.05) is 13.3 Å². The maximum Gasteiger partial charge on any atom is 0.0781 e. The van der Waals surface area contributed by atoms with E-state index in [1.165, 1.54) is 0 Å². The number of nitrogens with one attached hydrogen (secondary N) is 1. The van der Waals surface area contributed by atoms with E-state index in [9.17, 15) is 0 Å². The van der Waals surface area contributed by atoms with Crippen LogP contribution in [0.1, 0.15) is 31.5 Å². The van der Waals surface area contributed by atoms with Crippen molar-refractivity contribution in [2.45, 2.75) is 38.5 Å². The van der Waals surface area contributed by atoms with Crippen molar-refractivity contribution in [3.05, 3.63) is 16.4 Å². The van der Waals surface area contributed by atoms with Gasteiger partial charge in [-0.05, 0) is 43.5 Å². The van der Waals surface area contributed by atoms with Gasteiger partial charge >= 0.3 is 0 Å². The van der Waals surface area contributed by atoms with E-state index < -0.39 is 0 Å². The average Bonchev–Trinajstić information content (AvgIpc) is 2.78. The first kappa shape index (κ1) is 17.6. The predicted octanol–water partition coefficient (Wildman–Crippen LogP) is 2.28. The van der Waals surface area contributed by atoms with Crippen LogP contribution in [0.2, 0.25) is 0 Å². The number of likely N-dealkylation sites (N-methyl/N-ethyl adjacent to an activating group) is 2. The van der Waals surface area contributed by atoms with Gasteiger partial charge in [-0.15, -0.1) is 0 Å². The van der Waals surface area contributed by atoms with E-state index in [0.29, 0.717) is 0 Å². The zero-order chi connectivity index (χ0) is 15.1. The SMILES string of the molecule is CCCC(OC)C(NC)c1c(Br)cnn1CCN(C)C. The summed E-state index contributed by atoms with van der Waals surface area (Å²) in [6, 6.07) is 0.138. The third-order valence-electron chi connectivity index (χ3n) is 3.45. The van der Waals surface area contributed by atoms with Gasteiger partial charge in [0.1, 0.15) is 0 Å². The van der Waals surface area contributed by atoms with Gasteiger partial charge in [-0.25, -0.2) is 0 Å². The Balaban J connectivity index is 2.98. The van der Waals surface area contributed by atoms with Gasteiger partial charge in [0.25, 0.3) is 0 Å². The molecule has 0 aliphatic carbocycles. The molecule has 1 aromatic rings. The summed E-state index contributed by atoms with van der Waals surface area (Å²) in [7, 11) is 7.90. The largest absolute Gasteiger partial charge is 0.379 e. The third-order valence-corrected chi connectivity index (χ3v) is 4.06. The van der Waals surface area contributed by atoms with Gasteiger partial charge in [0.15, 0.2) is 0 Å². The van der Waals surface area contributed by atoms with Gasteiger partial charge in [-0.2, -0.15) is 5.10 Å². The molecule has 1 rings (SSSR count). The maximum absolute atomic E-state index is 5.67. The van der Waals surface area contributed by atoms with Gasteiger partial charge < -0.3 is 15.0 Å². The summed E-state index contributed by atoms with van der Waals surface area (Å²) < 4.78 is 8.77. The summed E-state index contributed by atoms with van der Waals surface area (Å²) in [4.78, 5) is 2.16. The molecule has 6 heteroatoms. The molecule has 0 aromatic carbocycles. The van der Waals surface area contributed by atoms with Crippen molar-refractivity contribution in [2.75, 3.05) is 34.8 Å². The van der Waals surface area contributed by atoms with Crippen LogP contribution in [-0.4, -0.2) is 55.6 Å². The van der Waals surface area contributed by atoms with Crippen molar-refractivity contribution in [3.8, 4) is 0 Å². The number of rotatable bonds is 9. The molecule has 0 saturated carbocycles. The smallest absolute Gasteiger partial charge is 0.0781 e. The highest BCUT2D eigenvalue weighted by Gasteiger charge is 2.26. The van der Waals surface area contributed by atoms with Gasteiger partial charge in [-0.3, -0.25) is 4.68 Å². The lowest BCUT2D eigenvalue weighted by Gasteiger charge is -2.27. The third kappa shape index (κ3) is 4.55. The lowest BCUT2D eigenvalue weighted by atomic mass is 10.0. The minimum absolute atomic E-state index is 0.138. The highest BCUT2D eigenvalue weighted by molar-refractivity contribution is 9.10. The first-order chi connectivity index (χ1) is 9.54. The van der Waals surface area contributed by atoms with Gasteiger partial charge in [0.2, 0.25) is 0 Å². The fourth-order valence-electron chi connectivity index (χ4n) is 2.36. The summed E-state index contributed by atoms with van der Waals surface area (Å²) in [5, 5.41) is 7.86. The molecule has 5 nitrogen and oxygen atoms in total. The Hall–Kier alpha value is -0.430. The molecule has 0 fully saturated rings. The summed E-state index contributed by atoms with van der Waals surface area (Å²) in [5.74, 6) is 0. The lowest BCUT2D eigenvalue weighted by Crippen LogP contribution is -2.34. The van der Waals surface area contributed by atoms with Gasteiger partial charge in [0, 0.05) is 13.7 Å². The lowest BCUT2D eigenvalue weighted by molar-refractivity contribution is 0.0599. The number of aromatic nitrogens is 2. The van der Waals surface area contributed by atoms with E-state index >= 15 is 0 Å². The highest BCUT2D eigenvalue weighted by atomic mass is 79.9. The van der Waals surface area contributed by atoms with Crippen molar-refractivity contribution < 1.29 is 4.74 Å². The first-order valence-electron chi connectivity index (χ1n) is 7.11. The van der Waals surface area contributed by atoms with E-state index in [0.717, 1.165) is 36.1 Å². The Morgan fingerprint density at radius 2 is 2.20 bits per heavy atom. The van der Waals surface area contributed by atoms with Crippen LogP contribution >= 0.6 is 15.9 Å². The van der Waals surface area contributed by atoms with Crippen LogP contribution in [0.4, 0.5) is 0 Å². The summed E-state index contributed by atoms with van der Waals surface area (Å²) in [5.41, 5.74) is 1.16. The van der Waals surface area contributed by atoms with Crippen molar-refractivity contribution in [1.82, 2.24) is 20.0 Å².